The number of aryl methyl sites for hydroxylation is 2. The molecule has 0 spiro atoms. The number of alkyl halides is 3. The Morgan fingerprint density at radius 1 is 1.07 bits per heavy atom. The van der Waals surface area contributed by atoms with E-state index in [1.54, 1.807) is 12.1 Å². The predicted octanol–water partition coefficient (Wildman–Crippen LogP) is 7.46. The molecule has 0 aromatic heterocycles. The summed E-state index contributed by atoms with van der Waals surface area (Å²) < 4.78 is 45.4. The Balaban J connectivity index is 1.58. The van der Waals surface area contributed by atoms with Gasteiger partial charge in [0, 0.05) is 21.8 Å². The number of nitro groups is 1. The van der Waals surface area contributed by atoms with Gasteiger partial charge in [0.2, 0.25) is 11.7 Å². The molecule has 0 bridgehead atoms. The minimum atomic E-state index is -4.80. The first-order valence-electron chi connectivity index (χ1n) is 11.7. The number of nitro benzene ring substituents is 1. The van der Waals surface area contributed by atoms with Crippen molar-refractivity contribution in [2.45, 2.75) is 20.0 Å². The first-order valence-corrected chi connectivity index (χ1v) is 13.3. The van der Waals surface area contributed by atoms with Gasteiger partial charge in [0.05, 0.1) is 15.4 Å². The maximum absolute atomic E-state index is 13.1. The number of anilines is 1. The molecule has 1 saturated heterocycles. The summed E-state index contributed by atoms with van der Waals surface area (Å²) in [7, 11) is 0. The van der Waals surface area contributed by atoms with Gasteiger partial charge >= 0.3 is 11.9 Å². The third-order valence-corrected chi connectivity index (χ3v) is 7.04. The molecule has 0 atom stereocenters. The molecular weight excluding hydrogens is 631 g/mol. The summed E-state index contributed by atoms with van der Waals surface area (Å²) in [6.07, 6.45) is -3.51. The monoisotopic (exact) mass is 649 g/mol. The van der Waals surface area contributed by atoms with Crippen LogP contribution in [-0.4, -0.2) is 33.4 Å². The van der Waals surface area contributed by atoms with E-state index in [-0.39, 0.29) is 16.2 Å². The molecule has 1 fully saturated rings. The van der Waals surface area contributed by atoms with Crippen LogP contribution >= 0.6 is 27.7 Å². The number of halogens is 4. The lowest BCUT2D eigenvalue weighted by molar-refractivity contribution is -0.385. The predicted molar refractivity (Wildman–Crippen MR) is 150 cm³/mol. The third kappa shape index (κ3) is 7.13. The molecule has 4 rings (SSSR count). The van der Waals surface area contributed by atoms with Crippen LogP contribution in [0, 0.1) is 24.0 Å². The summed E-state index contributed by atoms with van der Waals surface area (Å²) >= 11 is 3.85. The summed E-state index contributed by atoms with van der Waals surface area (Å²) in [6.45, 7) is 3.19. The van der Waals surface area contributed by atoms with Crippen LogP contribution in [-0.2, 0) is 15.8 Å². The number of rotatable bonds is 7. The number of nitrogens with zero attached hydrogens (tertiary/aromatic N) is 2. The number of imide groups is 1. The van der Waals surface area contributed by atoms with Crippen LogP contribution < -0.4 is 10.1 Å². The SMILES string of the molecule is Cc1cc(C)cc(NC(=O)CN2C(=O)S/C(=C/c3cc(Br)ccc3Oc3ccc(C(F)(F)F)cc3[N+](=O)[O-])C2=O)c1. The Morgan fingerprint density at radius 3 is 2.37 bits per heavy atom. The van der Waals surface area contributed by atoms with E-state index < -0.39 is 51.7 Å². The lowest BCUT2D eigenvalue weighted by atomic mass is 10.1. The Bertz CT molecular complexity index is 1610. The average molecular weight is 650 g/mol. The molecule has 0 unspecified atom stereocenters. The molecule has 1 aliphatic rings. The van der Waals surface area contributed by atoms with E-state index >= 15 is 0 Å². The van der Waals surface area contributed by atoms with E-state index in [4.69, 9.17) is 4.74 Å². The van der Waals surface area contributed by atoms with Crippen LogP contribution in [0.5, 0.6) is 11.5 Å². The topological polar surface area (TPSA) is 119 Å². The quantitative estimate of drug-likeness (QED) is 0.160. The number of thioether (sulfide) groups is 1. The van der Waals surface area contributed by atoms with Crippen molar-refractivity contribution < 1.29 is 37.2 Å². The second-order valence-corrected chi connectivity index (χ2v) is 10.8. The molecule has 41 heavy (non-hydrogen) atoms. The van der Waals surface area contributed by atoms with Gasteiger partial charge in [-0.25, -0.2) is 0 Å². The average Bonchev–Trinajstić information content (AvgIpc) is 3.11. The smallest absolute Gasteiger partial charge is 0.416 e. The summed E-state index contributed by atoms with van der Waals surface area (Å²) in [4.78, 5) is 49.4. The Labute approximate surface area is 243 Å². The van der Waals surface area contributed by atoms with Crippen LogP contribution in [0.1, 0.15) is 22.3 Å². The van der Waals surface area contributed by atoms with E-state index in [0.717, 1.165) is 22.1 Å². The maximum atomic E-state index is 13.1. The second kappa shape index (κ2) is 11.7. The van der Waals surface area contributed by atoms with Crippen molar-refractivity contribution in [3.05, 3.63) is 96.3 Å². The maximum Gasteiger partial charge on any atom is 0.416 e. The van der Waals surface area contributed by atoms with Gasteiger partial charge in [0.15, 0.2) is 0 Å². The van der Waals surface area contributed by atoms with Gasteiger partial charge in [-0.05, 0) is 85.3 Å². The number of ether oxygens (including phenoxy) is 1. The summed E-state index contributed by atoms with van der Waals surface area (Å²) in [5, 5.41) is 13.5. The van der Waals surface area contributed by atoms with Gasteiger partial charge in [-0.15, -0.1) is 0 Å². The first kappa shape index (κ1) is 29.8. The molecule has 3 aromatic rings. The van der Waals surface area contributed by atoms with Crippen LogP contribution in [0.15, 0.2) is 64.0 Å². The van der Waals surface area contributed by atoms with Gasteiger partial charge in [-0.2, -0.15) is 13.2 Å². The number of benzene rings is 3. The number of nitrogens with one attached hydrogen (secondary N) is 1. The van der Waals surface area contributed by atoms with Gasteiger partial charge in [-0.1, -0.05) is 22.0 Å². The molecule has 14 heteroatoms. The van der Waals surface area contributed by atoms with Crippen molar-refractivity contribution in [1.82, 2.24) is 4.90 Å². The van der Waals surface area contributed by atoms with E-state index in [1.165, 1.54) is 24.3 Å². The van der Waals surface area contributed by atoms with Crippen molar-refractivity contribution in [3.8, 4) is 11.5 Å². The highest BCUT2D eigenvalue weighted by Crippen LogP contribution is 2.40. The van der Waals surface area contributed by atoms with Gasteiger partial charge in [0.25, 0.3) is 11.1 Å². The highest BCUT2D eigenvalue weighted by Gasteiger charge is 2.37. The van der Waals surface area contributed by atoms with E-state index in [9.17, 15) is 37.7 Å². The molecule has 0 aliphatic carbocycles. The molecule has 9 nitrogen and oxygen atoms in total. The minimum absolute atomic E-state index is 0.0320. The van der Waals surface area contributed by atoms with Gasteiger partial charge in [0.1, 0.15) is 12.3 Å². The first-order chi connectivity index (χ1) is 19.2. The van der Waals surface area contributed by atoms with E-state index in [2.05, 4.69) is 21.2 Å². The van der Waals surface area contributed by atoms with Crippen LogP contribution in [0.25, 0.3) is 6.08 Å². The summed E-state index contributed by atoms with van der Waals surface area (Å²) in [6, 6.07) is 11.7. The zero-order chi connectivity index (χ0) is 30.1. The normalized spacial score (nSPS) is 14.5. The highest BCUT2D eigenvalue weighted by molar-refractivity contribution is 9.10. The fraction of sp³-hybridized carbons (Fsp3) is 0.148. The van der Waals surface area contributed by atoms with Crippen molar-refractivity contribution in [2.24, 2.45) is 0 Å². The van der Waals surface area contributed by atoms with Gasteiger partial charge < -0.3 is 10.1 Å². The molecule has 0 radical (unpaired) electrons. The fourth-order valence-electron chi connectivity index (χ4n) is 3.93. The Morgan fingerprint density at radius 2 is 1.73 bits per heavy atom. The standard InChI is InChI=1S/C27H19BrF3N3O6S/c1-14-7-15(2)9-19(8-14)32-24(35)13-33-25(36)23(41-26(33)37)11-16-10-18(28)4-6-21(16)40-22-5-3-17(27(29,30)31)12-20(22)34(38)39/h3-12H,13H2,1-2H3,(H,32,35)/b23-11+. The van der Waals surface area contributed by atoms with Crippen molar-refractivity contribution in [2.75, 3.05) is 11.9 Å². The summed E-state index contributed by atoms with van der Waals surface area (Å²) in [5.74, 6) is -1.83. The molecule has 1 N–H and O–H groups in total. The van der Waals surface area contributed by atoms with Crippen molar-refractivity contribution >= 4 is 62.2 Å². The fourth-order valence-corrected chi connectivity index (χ4v) is 5.14. The van der Waals surface area contributed by atoms with Crippen molar-refractivity contribution in [1.29, 1.82) is 0 Å². The Kier molecular flexibility index (Phi) is 8.54. The molecule has 1 aliphatic heterocycles. The third-order valence-electron chi connectivity index (χ3n) is 5.64. The lowest BCUT2D eigenvalue weighted by Crippen LogP contribution is -2.36. The number of carbonyl (C=O) groups is 3. The molecule has 3 amide bonds. The summed E-state index contributed by atoms with van der Waals surface area (Å²) in [5.41, 5.74) is 0.417. The molecular formula is C27H19BrF3N3O6S. The second-order valence-electron chi connectivity index (χ2n) is 8.91. The van der Waals surface area contributed by atoms with Crippen molar-refractivity contribution in [3.63, 3.8) is 0 Å². The Hall–Kier alpha value is -4.17. The number of carbonyl (C=O) groups excluding carboxylic acids is 3. The largest absolute Gasteiger partial charge is 0.449 e. The molecule has 0 saturated carbocycles. The zero-order valence-electron chi connectivity index (χ0n) is 21.2. The minimum Gasteiger partial charge on any atom is -0.449 e. The van der Waals surface area contributed by atoms with Crippen LogP contribution in [0.4, 0.5) is 29.3 Å². The lowest BCUT2D eigenvalue weighted by Gasteiger charge is -2.13. The number of amides is 3. The number of hydrogen-bond donors (Lipinski definition) is 1. The molecule has 1 heterocycles. The van der Waals surface area contributed by atoms with Crippen LogP contribution in [0.2, 0.25) is 0 Å². The zero-order valence-corrected chi connectivity index (χ0v) is 23.6. The highest BCUT2D eigenvalue weighted by atomic mass is 79.9. The van der Waals surface area contributed by atoms with Crippen LogP contribution in [0.3, 0.4) is 0 Å². The van der Waals surface area contributed by atoms with E-state index in [1.807, 2.05) is 19.9 Å². The molecule has 212 valence electrons. The van der Waals surface area contributed by atoms with E-state index in [0.29, 0.717) is 34.1 Å². The number of hydrogen-bond acceptors (Lipinski definition) is 7. The van der Waals surface area contributed by atoms with Gasteiger partial charge in [-0.3, -0.25) is 29.4 Å². The molecule has 3 aromatic carbocycles.